The van der Waals surface area contributed by atoms with Crippen LogP contribution in [0.3, 0.4) is 0 Å². The van der Waals surface area contributed by atoms with Crippen molar-refractivity contribution < 1.29 is 47.7 Å². The normalized spacial score (nSPS) is 14.2. The van der Waals surface area contributed by atoms with Gasteiger partial charge in [-0.3, -0.25) is 0 Å². The number of pyridine rings is 1. The van der Waals surface area contributed by atoms with E-state index in [0.29, 0.717) is 0 Å². The van der Waals surface area contributed by atoms with Gasteiger partial charge >= 0.3 is 27.9 Å². The molecule has 22 heavy (non-hydrogen) atoms. The van der Waals surface area contributed by atoms with Gasteiger partial charge in [0.05, 0.1) is 10.6 Å². The van der Waals surface area contributed by atoms with Crippen molar-refractivity contribution in [1.29, 1.82) is 0 Å². The Morgan fingerprint density at radius 3 is 1.91 bits per heavy atom. The van der Waals surface area contributed by atoms with Crippen molar-refractivity contribution in [3.63, 3.8) is 0 Å². The Morgan fingerprint density at radius 2 is 1.55 bits per heavy atom. The molecule has 1 rings (SSSR count). The molecular formula is C8H2ClF8NO3S. The second-order valence-electron chi connectivity index (χ2n) is 3.55. The van der Waals surface area contributed by atoms with Gasteiger partial charge in [0, 0.05) is 6.20 Å². The van der Waals surface area contributed by atoms with Crippen LogP contribution in [-0.2, 0) is 26.6 Å². The molecule has 1 aromatic heterocycles. The van der Waals surface area contributed by atoms with E-state index < -0.39 is 44.2 Å². The van der Waals surface area contributed by atoms with Crippen molar-refractivity contribution in [1.82, 2.24) is 4.98 Å². The number of nitrogens with zero attached hydrogens (tertiary/aromatic N) is 1. The Kier molecular flexibility index (Phi) is 4.67. The fourth-order valence-corrected chi connectivity index (χ4v) is 1.76. The Labute approximate surface area is 121 Å². The van der Waals surface area contributed by atoms with Crippen molar-refractivity contribution in [3.8, 4) is 0 Å². The third-order valence-corrected chi connectivity index (χ3v) is 3.23. The van der Waals surface area contributed by atoms with Crippen LogP contribution in [0.4, 0.5) is 35.1 Å². The summed E-state index contributed by atoms with van der Waals surface area (Å²) in [6, 6.07) is -0.0681. The first-order chi connectivity index (χ1) is 9.58. The number of rotatable bonds is 3. The smallest absolute Gasteiger partial charge is 0.250 e. The number of alkyl halides is 8. The molecule has 0 fully saturated rings. The lowest BCUT2D eigenvalue weighted by Crippen LogP contribution is -2.33. The number of halogens is 9. The molecule has 0 bridgehead atoms. The average molecular weight is 380 g/mol. The zero-order valence-electron chi connectivity index (χ0n) is 9.64. The van der Waals surface area contributed by atoms with Crippen LogP contribution in [0.15, 0.2) is 12.3 Å². The zero-order chi connectivity index (χ0) is 17.6. The Bertz CT molecular complexity index is 669. The maximum absolute atomic E-state index is 13.3. The van der Waals surface area contributed by atoms with Gasteiger partial charge in [-0.25, -0.2) is 4.98 Å². The highest BCUT2D eigenvalue weighted by Gasteiger charge is 2.55. The van der Waals surface area contributed by atoms with Gasteiger partial charge in [-0.15, -0.1) is 0 Å². The third-order valence-electron chi connectivity index (χ3n) is 1.94. The SMILES string of the molecule is O=S(=O)(OC(F)(F)c1ncc(C(F)(F)F)cc1Cl)C(F)(F)F. The molecule has 0 aliphatic carbocycles. The fourth-order valence-electron chi connectivity index (χ4n) is 1.03. The first-order valence-corrected chi connectivity index (χ1v) is 6.49. The molecule has 0 unspecified atom stereocenters. The van der Waals surface area contributed by atoms with Gasteiger partial charge < -0.3 is 0 Å². The van der Waals surface area contributed by atoms with Crippen LogP contribution in [-0.4, -0.2) is 18.9 Å². The molecule has 1 aromatic rings. The van der Waals surface area contributed by atoms with Gasteiger partial charge in [0.1, 0.15) is 0 Å². The summed E-state index contributed by atoms with van der Waals surface area (Å²) in [7, 11) is -6.73. The second-order valence-corrected chi connectivity index (χ2v) is 5.50. The lowest BCUT2D eigenvalue weighted by atomic mass is 10.2. The number of hydrogen-bond donors (Lipinski definition) is 0. The molecule has 14 heteroatoms. The molecule has 0 saturated carbocycles. The molecule has 0 aliphatic heterocycles. The van der Waals surface area contributed by atoms with E-state index in [4.69, 9.17) is 11.6 Å². The maximum atomic E-state index is 13.3. The van der Waals surface area contributed by atoms with Crippen LogP contribution >= 0.6 is 11.6 Å². The topological polar surface area (TPSA) is 56.3 Å². The molecular weight excluding hydrogens is 378 g/mol. The lowest BCUT2D eigenvalue weighted by Gasteiger charge is -2.18. The van der Waals surface area contributed by atoms with Crippen molar-refractivity contribution in [2.45, 2.75) is 17.8 Å². The van der Waals surface area contributed by atoms with Crippen LogP contribution in [0.5, 0.6) is 0 Å². The molecule has 126 valence electrons. The third kappa shape index (κ3) is 3.95. The van der Waals surface area contributed by atoms with Crippen LogP contribution in [0.25, 0.3) is 0 Å². The summed E-state index contributed by atoms with van der Waals surface area (Å²) in [5.74, 6) is 0. The Balaban J connectivity index is 3.25. The predicted molar refractivity (Wildman–Crippen MR) is 54.2 cm³/mol. The summed E-state index contributed by atoms with van der Waals surface area (Å²) in [5, 5.41) is -1.43. The minimum atomic E-state index is -6.73. The van der Waals surface area contributed by atoms with E-state index in [-0.39, 0.29) is 12.3 Å². The summed E-state index contributed by atoms with van der Waals surface area (Å²) < 4.78 is 123. The molecule has 0 spiro atoms. The summed E-state index contributed by atoms with van der Waals surface area (Å²) in [5.41, 5.74) is -9.67. The maximum Gasteiger partial charge on any atom is 0.523 e. The van der Waals surface area contributed by atoms with Crippen LogP contribution in [0, 0.1) is 0 Å². The van der Waals surface area contributed by atoms with Crippen LogP contribution in [0.2, 0.25) is 5.02 Å². The van der Waals surface area contributed by atoms with Gasteiger partial charge in [-0.05, 0) is 6.07 Å². The number of hydrogen-bond acceptors (Lipinski definition) is 4. The van der Waals surface area contributed by atoms with Gasteiger partial charge in [-0.2, -0.15) is 47.7 Å². The van der Waals surface area contributed by atoms with E-state index in [1.165, 1.54) is 0 Å². The van der Waals surface area contributed by atoms with E-state index in [1.54, 1.807) is 0 Å². The van der Waals surface area contributed by atoms with Gasteiger partial charge in [-0.1, -0.05) is 11.6 Å². The molecule has 0 N–H and O–H groups in total. The highest BCUT2D eigenvalue weighted by atomic mass is 35.5. The standard InChI is InChI=1S/C8H2ClF8NO3S/c9-4-1-3(6(10,11)12)2-18-5(4)7(13,14)21-22(19,20)8(15,16)17/h1-2H. The summed E-state index contributed by atoms with van der Waals surface area (Å²) in [6.45, 7) is 0. The zero-order valence-corrected chi connectivity index (χ0v) is 11.2. The largest absolute Gasteiger partial charge is 0.523 e. The van der Waals surface area contributed by atoms with E-state index >= 15 is 0 Å². The second kappa shape index (κ2) is 5.45. The first-order valence-electron chi connectivity index (χ1n) is 4.71. The predicted octanol–water partition coefficient (Wildman–Crippen LogP) is 3.67. The Morgan fingerprint density at radius 1 is 1.05 bits per heavy atom. The van der Waals surface area contributed by atoms with E-state index in [0.717, 1.165) is 0 Å². The molecule has 0 amide bonds. The highest BCUT2D eigenvalue weighted by molar-refractivity contribution is 7.87. The van der Waals surface area contributed by atoms with Crippen molar-refractivity contribution >= 4 is 21.7 Å². The quantitative estimate of drug-likeness (QED) is 0.457. The average Bonchev–Trinajstić information content (AvgIpc) is 2.23. The van der Waals surface area contributed by atoms with Gasteiger partial charge in [0.2, 0.25) is 0 Å². The number of aromatic nitrogens is 1. The molecule has 0 aromatic carbocycles. The summed E-state index contributed by atoms with van der Waals surface area (Å²) in [6.07, 6.45) is -10.4. The van der Waals surface area contributed by atoms with Crippen molar-refractivity contribution in [2.24, 2.45) is 0 Å². The minimum absolute atomic E-state index is 0.0681. The highest BCUT2D eigenvalue weighted by Crippen LogP contribution is 2.40. The van der Waals surface area contributed by atoms with Crippen LogP contribution < -0.4 is 0 Å². The first kappa shape index (κ1) is 18.8. The van der Waals surface area contributed by atoms with Crippen molar-refractivity contribution in [3.05, 3.63) is 28.5 Å². The molecule has 0 aliphatic rings. The molecule has 0 atom stereocenters. The molecule has 0 radical (unpaired) electrons. The van der Waals surface area contributed by atoms with E-state index in [1.807, 2.05) is 0 Å². The van der Waals surface area contributed by atoms with Gasteiger partial charge in [0.25, 0.3) is 0 Å². The Hall–Kier alpha value is -1.21. The molecule has 0 saturated heterocycles. The lowest BCUT2D eigenvalue weighted by molar-refractivity contribution is -0.195. The monoisotopic (exact) mass is 379 g/mol. The van der Waals surface area contributed by atoms with E-state index in [2.05, 4.69) is 9.17 Å². The van der Waals surface area contributed by atoms with Crippen LogP contribution in [0.1, 0.15) is 11.3 Å². The fraction of sp³-hybridized carbons (Fsp3) is 0.375. The minimum Gasteiger partial charge on any atom is -0.250 e. The molecule has 1 heterocycles. The van der Waals surface area contributed by atoms with Gasteiger partial charge in [0.15, 0.2) is 5.69 Å². The summed E-state index contributed by atoms with van der Waals surface area (Å²) >= 11 is 5.06. The van der Waals surface area contributed by atoms with E-state index in [9.17, 15) is 43.5 Å². The molecule has 4 nitrogen and oxygen atoms in total. The van der Waals surface area contributed by atoms with Crippen molar-refractivity contribution in [2.75, 3.05) is 0 Å². The summed E-state index contributed by atoms with van der Waals surface area (Å²) in [4.78, 5) is 2.52.